The van der Waals surface area contributed by atoms with Gasteiger partial charge in [-0.05, 0) is 18.9 Å². The Morgan fingerprint density at radius 1 is 1.50 bits per heavy atom. The van der Waals surface area contributed by atoms with Crippen LogP contribution in [0.25, 0.3) is 0 Å². The predicted octanol–water partition coefficient (Wildman–Crippen LogP) is 2.16. The Balaban J connectivity index is 2.63. The second kappa shape index (κ2) is 4.69. The summed E-state index contributed by atoms with van der Waals surface area (Å²) in [6.45, 7) is 2.10. The van der Waals surface area contributed by atoms with E-state index >= 15 is 0 Å². The van der Waals surface area contributed by atoms with Crippen molar-refractivity contribution < 1.29 is 15.1 Å². The fourth-order valence-corrected chi connectivity index (χ4v) is 1.36. The van der Waals surface area contributed by atoms with Gasteiger partial charge in [-0.1, -0.05) is 19.8 Å². The maximum atomic E-state index is 10.6. The molecule has 0 unspecified atom stereocenters. The summed E-state index contributed by atoms with van der Waals surface area (Å²) in [6.07, 6.45) is 5.12. The van der Waals surface area contributed by atoms with Crippen molar-refractivity contribution in [2.75, 3.05) is 0 Å². The summed E-state index contributed by atoms with van der Waals surface area (Å²) in [4.78, 5) is 10.6. The Hall–Kier alpha value is -1.45. The fraction of sp³-hybridized carbons (Fsp3) is 0.500. The summed E-state index contributed by atoms with van der Waals surface area (Å²) in [5.41, 5.74) is 0.801. The molecule has 0 saturated carbocycles. The highest BCUT2D eigenvalue weighted by molar-refractivity contribution is 5.87. The average molecular weight is 197 g/mol. The molecule has 1 aromatic rings. The summed E-state index contributed by atoms with van der Waals surface area (Å²) in [6, 6.07) is 1.51. The van der Waals surface area contributed by atoms with Crippen LogP contribution < -0.4 is 0 Å². The van der Waals surface area contributed by atoms with E-state index in [1.165, 1.54) is 12.3 Å². The number of carboxylic acids is 1. The van der Waals surface area contributed by atoms with Gasteiger partial charge in [0.05, 0.1) is 17.5 Å². The minimum atomic E-state index is -1.01. The highest BCUT2D eigenvalue weighted by Crippen LogP contribution is 2.10. The molecular formula is C10H15NO3. The highest BCUT2D eigenvalue weighted by atomic mass is 16.5. The SMILES string of the molecule is CCCCCc1cc(C(=O)O)cn1O. The first-order chi connectivity index (χ1) is 6.65. The lowest BCUT2D eigenvalue weighted by molar-refractivity contribution is 0.0694. The lowest BCUT2D eigenvalue weighted by Gasteiger charge is -1.99. The summed E-state index contributed by atoms with van der Waals surface area (Å²) >= 11 is 0. The van der Waals surface area contributed by atoms with E-state index < -0.39 is 5.97 Å². The van der Waals surface area contributed by atoms with Gasteiger partial charge in [-0.15, -0.1) is 0 Å². The van der Waals surface area contributed by atoms with Crippen LogP contribution in [-0.4, -0.2) is 21.0 Å². The van der Waals surface area contributed by atoms with Gasteiger partial charge in [0.1, 0.15) is 0 Å². The number of nitrogens with zero attached hydrogens (tertiary/aromatic N) is 1. The number of unbranched alkanes of at least 4 members (excludes halogenated alkanes) is 2. The molecule has 1 heterocycles. The minimum absolute atomic E-state index is 0.138. The second-order valence-electron chi connectivity index (χ2n) is 3.33. The summed E-state index contributed by atoms with van der Waals surface area (Å²) in [5.74, 6) is -1.01. The molecule has 14 heavy (non-hydrogen) atoms. The number of hydrogen-bond acceptors (Lipinski definition) is 2. The van der Waals surface area contributed by atoms with Crippen molar-refractivity contribution in [3.05, 3.63) is 23.5 Å². The third-order valence-electron chi connectivity index (χ3n) is 2.16. The molecule has 0 spiro atoms. The van der Waals surface area contributed by atoms with Crippen LogP contribution in [0.3, 0.4) is 0 Å². The Kier molecular flexibility index (Phi) is 3.56. The summed E-state index contributed by atoms with van der Waals surface area (Å²) in [7, 11) is 0. The number of aromatic carboxylic acids is 1. The molecular weight excluding hydrogens is 182 g/mol. The van der Waals surface area contributed by atoms with Crippen LogP contribution in [0.4, 0.5) is 0 Å². The van der Waals surface area contributed by atoms with Crippen molar-refractivity contribution >= 4 is 5.97 Å². The van der Waals surface area contributed by atoms with Crippen LogP contribution in [0.2, 0.25) is 0 Å². The first kappa shape index (κ1) is 10.6. The van der Waals surface area contributed by atoms with Gasteiger partial charge in [-0.2, -0.15) is 4.73 Å². The van der Waals surface area contributed by atoms with Crippen molar-refractivity contribution in [2.45, 2.75) is 32.6 Å². The minimum Gasteiger partial charge on any atom is -0.478 e. The fourth-order valence-electron chi connectivity index (χ4n) is 1.36. The Morgan fingerprint density at radius 2 is 2.21 bits per heavy atom. The number of carbonyl (C=O) groups is 1. The molecule has 1 rings (SSSR count). The molecule has 0 fully saturated rings. The topological polar surface area (TPSA) is 62.5 Å². The molecule has 0 atom stereocenters. The van der Waals surface area contributed by atoms with E-state index in [0.29, 0.717) is 5.69 Å². The number of hydrogen-bond donors (Lipinski definition) is 2. The number of rotatable bonds is 5. The maximum Gasteiger partial charge on any atom is 0.337 e. The van der Waals surface area contributed by atoms with Gasteiger partial charge in [-0.25, -0.2) is 4.79 Å². The molecule has 0 amide bonds. The van der Waals surface area contributed by atoms with Crippen molar-refractivity contribution in [3.63, 3.8) is 0 Å². The van der Waals surface area contributed by atoms with Gasteiger partial charge < -0.3 is 10.3 Å². The lowest BCUT2D eigenvalue weighted by Crippen LogP contribution is -1.95. The van der Waals surface area contributed by atoms with Gasteiger partial charge >= 0.3 is 5.97 Å². The third kappa shape index (κ3) is 2.52. The molecule has 78 valence electrons. The molecule has 4 nitrogen and oxygen atoms in total. The van der Waals surface area contributed by atoms with Gasteiger partial charge in [0.25, 0.3) is 0 Å². The zero-order valence-corrected chi connectivity index (χ0v) is 8.23. The smallest absolute Gasteiger partial charge is 0.337 e. The van der Waals surface area contributed by atoms with E-state index in [4.69, 9.17) is 5.11 Å². The molecule has 0 aliphatic heterocycles. The third-order valence-corrected chi connectivity index (χ3v) is 2.16. The average Bonchev–Trinajstić information content (AvgIpc) is 2.49. The van der Waals surface area contributed by atoms with E-state index in [9.17, 15) is 10.0 Å². The van der Waals surface area contributed by atoms with Gasteiger partial charge in [0, 0.05) is 0 Å². The van der Waals surface area contributed by atoms with E-state index in [0.717, 1.165) is 30.4 Å². The molecule has 1 aromatic heterocycles. The van der Waals surface area contributed by atoms with Crippen molar-refractivity contribution in [1.82, 2.24) is 4.73 Å². The largest absolute Gasteiger partial charge is 0.478 e. The van der Waals surface area contributed by atoms with Crippen molar-refractivity contribution in [1.29, 1.82) is 0 Å². The van der Waals surface area contributed by atoms with Gasteiger partial charge in [0.15, 0.2) is 0 Å². The van der Waals surface area contributed by atoms with E-state index in [2.05, 4.69) is 6.92 Å². The van der Waals surface area contributed by atoms with Crippen LogP contribution in [0.15, 0.2) is 12.3 Å². The van der Waals surface area contributed by atoms with Crippen molar-refractivity contribution in [3.8, 4) is 0 Å². The zero-order valence-electron chi connectivity index (χ0n) is 8.23. The molecule has 0 radical (unpaired) electrons. The predicted molar refractivity (Wildman–Crippen MR) is 51.8 cm³/mol. The van der Waals surface area contributed by atoms with Gasteiger partial charge in [0.2, 0.25) is 0 Å². The maximum absolute atomic E-state index is 10.6. The first-order valence-electron chi connectivity index (χ1n) is 4.79. The molecule has 0 aliphatic carbocycles. The highest BCUT2D eigenvalue weighted by Gasteiger charge is 2.09. The number of aromatic nitrogens is 1. The molecule has 0 bridgehead atoms. The monoisotopic (exact) mass is 197 g/mol. The normalized spacial score (nSPS) is 10.4. The number of aryl methyl sites for hydroxylation is 1. The lowest BCUT2D eigenvalue weighted by atomic mass is 10.1. The van der Waals surface area contributed by atoms with Crippen LogP contribution >= 0.6 is 0 Å². The second-order valence-corrected chi connectivity index (χ2v) is 3.33. The van der Waals surface area contributed by atoms with E-state index in [1.54, 1.807) is 0 Å². The van der Waals surface area contributed by atoms with Crippen LogP contribution in [0, 0.1) is 0 Å². The first-order valence-corrected chi connectivity index (χ1v) is 4.79. The van der Waals surface area contributed by atoms with Crippen LogP contribution in [-0.2, 0) is 6.42 Å². The zero-order chi connectivity index (χ0) is 10.6. The Morgan fingerprint density at radius 3 is 2.71 bits per heavy atom. The van der Waals surface area contributed by atoms with E-state index in [-0.39, 0.29) is 5.56 Å². The number of carboxylic acid groups (broad SMARTS) is 1. The molecule has 0 saturated heterocycles. The molecule has 0 aromatic carbocycles. The molecule has 2 N–H and O–H groups in total. The van der Waals surface area contributed by atoms with Crippen molar-refractivity contribution in [2.24, 2.45) is 0 Å². The van der Waals surface area contributed by atoms with Crippen LogP contribution in [0.1, 0.15) is 42.2 Å². The van der Waals surface area contributed by atoms with Crippen LogP contribution in [0.5, 0.6) is 0 Å². The summed E-state index contributed by atoms with van der Waals surface area (Å²) in [5, 5.41) is 18.0. The Labute approximate surface area is 82.7 Å². The molecule has 4 heteroatoms. The standard InChI is InChI=1S/C10H15NO3/c1-2-3-4-5-9-6-8(10(12)13)7-11(9)14/h6-7,14H,2-5H2,1H3,(H,12,13). The quantitative estimate of drug-likeness (QED) is 0.561. The Bertz CT molecular complexity index is 317. The summed E-state index contributed by atoms with van der Waals surface area (Å²) < 4.78 is 0.902. The van der Waals surface area contributed by atoms with Gasteiger partial charge in [-0.3, -0.25) is 0 Å². The molecule has 0 aliphatic rings. The van der Waals surface area contributed by atoms with E-state index in [1.807, 2.05) is 0 Å².